The molecule has 5 heteroatoms. The maximum Gasteiger partial charge on any atom is 0.220 e. The SMILES string of the molecule is CCCC(CCN)CCC(=O)NCc1c(C)noc1C. The standard InChI is InChI=1S/C15H27N3O2/c1-4-5-13(8-9-16)6-7-15(19)17-10-14-11(2)18-20-12(14)3/h13H,4-10,16H2,1-3H3,(H,17,19). The largest absolute Gasteiger partial charge is 0.361 e. The molecule has 1 unspecified atom stereocenters. The molecule has 5 nitrogen and oxygen atoms in total. The van der Waals surface area contributed by atoms with Crippen LogP contribution in [0.4, 0.5) is 0 Å². The number of aromatic nitrogens is 1. The lowest BCUT2D eigenvalue weighted by atomic mass is 9.94. The van der Waals surface area contributed by atoms with Crippen LogP contribution in [0.1, 0.15) is 56.0 Å². The van der Waals surface area contributed by atoms with Gasteiger partial charge in [0.15, 0.2) is 0 Å². The highest BCUT2D eigenvalue weighted by molar-refractivity contribution is 5.75. The number of nitrogens with one attached hydrogen (secondary N) is 1. The van der Waals surface area contributed by atoms with Crippen LogP contribution in [0.3, 0.4) is 0 Å². The quantitative estimate of drug-likeness (QED) is 0.728. The van der Waals surface area contributed by atoms with Gasteiger partial charge in [-0.2, -0.15) is 0 Å². The summed E-state index contributed by atoms with van der Waals surface area (Å²) in [6.45, 7) is 7.11. The van der Waals surface area contributed by atoms with E-state index in [0.717, 1.165) is 42.7 Å². The van der Waals surface area contributed by atoms with Crippen molar-refractivity contribution >= 4 is 5.91 Å². The number of carbonyl (C=O) groups excluding carboxylic acids is 1. The van der Waals surface area contributed by atoms with Crippen molar-refractivity contribution < 1.29 is 9.32 Å². The molecule has 1 aromatic rings. The fourth-order valence-electron chi connectivity index (χ4n) is 2.44. The van der Waals surface area contributed by atoms with E-state index in [0.29, 0.717) is 25.4 Å². The van der Waals surface area contributed by atoms with Gasteiger partial charge in [-0.3, -0.25) is 4.79 Å². The molecule has 0 aliphatic rings. The van der Waals surface area contributed by atoms with Gasteiger partial charge in [0.2, 0.25) is 5.91 Å². The Balaban J connectivity index is 2.33. The first-order valence-corrected chi connectivity index (χ1v) is 7.47. The number of rotatable bonds is 9. The zero-order valence-electron chi connectivity index (χ0n) is 12.9. The molecular weight excluding hydrogens is 254 g/mol. The summed E-state index contributed by atoms with van der Waals surface area (Å²) in [6.07, 6.45) is 4.78. The Morgan fingerprint density at radius 3 is 2.65 bits per heavy atom. The molecule has 0 saturated heterocycles. The average molecular weight is 281 g/mol. The second-order valence-corrected chi connectivity index (χ2v) is 5.35. The van der Waals surface area contributed by atoms with E-state index in [1.165, 1.54) is 0 Å². The van der Waals surface area contributed by atoms with Gasteiger partial charge in [0.1, 0.15) is 5.76 Å². The van der Waals surface area contributed by atoms with Crippen LogP contribution < -0.4 is 11.1 Å². The van der Waals surface area contributed by atoms with Gasteiger partial charge in [-0.15, -0.1) is 0 Å². The van der Waals surface area contributed by atoms with E-state index >= 15 is 0 Å². The molecule has 1 heterocycles. The maximum atomic E-state index is 11.9. The van der Waals surface area contributed by atoms with Crippen molar-refractivity contribution in [1.29, 1.82) is 0 Å². The van der Waals surface area contributed by atoms with Crippen molar-refractivity contribution in [2.45, 2.75) is 59.4 Å². The summed E-state index contributed by atoms with van der Waals surface area (Å²) in [7, 11) is 0. The third-order valence-electron chi connectivity index (χ3n) is 3.70. The molecule has 1 amide bonds. The van der Waals surface area contributed by atoms with Crippen LogP contribution in [0.5, 0.6) is 0 Å². The summed E-state index contributed by atoms with van der Waals surface area (Å²) in [6, 6.07) is 0. The summed E-state index contributed by atoms with van der Waals surface area (Å²) in [5, 5.41) is 6.81. The molecule has 0 aromatic carbocycles. The number of carbonyl (C=O) groups is 1. The smallest absolute Gasteiger partial charge is 0.220 e. The van der Waals surface area contributed by atoms with Gasteiger partial charge in [0.25, 0.3) is 0 Å². The van der Waals surface area contributed by atoms with Crippen molar-refractivity contribution in [1.82, 2.24) is 10.5 Å². The lowest BCUT2D eigenvalue weighted by molar-refractivity contribution is -0.121. The minimum atomic E-state index is 0.0862. The maximum absolute atomic E-state index is 11.9. The number of hydrogen-bond donors (Lipinski definition) is 2. The van der Waals surface area contributed by atoms with Gasteiger partial charge in [-0.05, 0) is 39.2 Å². The summed E-state index contributed by atoms with van der Waals surface area (Å²) >= 11 is 0. The second kappa shape index (κ2) is 8.74. The minimum Gasteiger partial charge on any atom is -0.361 e. The molecular formula is C15H27N3O2. The number of amides is 1. The van der Waals surface area contributed by atoms with Crippen molar-refractivity contribution in [3.05, 3.63) is 17.0 Å². The highest BCUT2D eigenvalue weighted by Crippen LogP contribution is 2.17. The molecule has 0 aliphatic heterocycles. The predicted molar refractivity (Wildman–Crippen MR) is 79.1 cm³/mol. The summed E-state index contributed by atoms with van der Waals surface area (Å²) < 4.78 is 5.07. The van der Waals surface area contributed by atoms with Crippen LogP contribution in [0.15, 0.2) is 4.52 Å². The van der Waals surface area contributed by atoms with E-state index in [2.05, 4.69) is 17.4 Å². The molecule has 0 bridgehead atoms. The molecule has 0 saturated carbocycles. The van der Waals surface area contributed by atoms with Crippen LogP contribution in [-0.2, 0) is 11.3 Å². The third kappa shape index (κ3) is 5.33. The van der Waals surface area contributed by atoms with Gasteiger partial charge in [0.05, 0.1) is 5.69 Å². The van der Waals surface area contributed by atoms with Crippen molar-refractivity contribution in [3.63, 3.8) is 0 Å². The van der Waals surface area contributed by atoms with E-state index < -0.39 is 0 Å². The minimum absolute atomic E-state index is 0.0862. The van der Waals surface area contributed by atoms with Crippen LogP contribution >= 0.6 is 0 Å². The molecule has 3 N–H and O–H groups in total. The van der Waals surface area contributed by atoms with Crippen molar-refractivity contribution in [2.75, 3.05) is 6.54 Å². The van der Waals surface area contributed by atoms with Gasteiger partial charge < -0.3 is 15.6 Å². The zero-order chi connectivity index (χ0) is 15.0. The topological polar surface area (TPSA) is 81.2 Å². The Labute approximate surface area is 121 Å². The normalized spacial score (nSPS) is 12.4. The first-order chi connectivity index (χ1) is 9.58. The number of hydrogen-bond acceptors (Lipinski definition) is 4. The zero-order valence-corrected chi connectivity index (χ0v) is 12.9. The average Bonchev–Trinajstić information content (AvgIpc) is 2.73. The van der Waals surface area contributed by atoms with Gasteiger partial charge >= 0.3 is 0 Å². The van der Waals surface area contributed by atoms with Crippen LogP contribution in [0, 0.1) is 19.8 Å². The summed E-state index contributed by atoms with van der Waals surface area (Å²) in [5.74, 6) is 1.42. The molecule has 0 spiro atoms. The van der Waals surface area contributed by atoms with E-state index in [9.17, 15) is 4.79 Å². The Bertz CT molecular complexity index is 390. The fraction of sp³-hybridized carbons (Fsp3) is 0.733. The van der Waals surface area contributed by atoms with Gasteiger partial charge in [0, 0.05) is 18.5 Å². The highest BCUT2D eigenvalue weighted by Gasteiger charge is 2.12. The first kappa shape index (κ1) is 16.7. The van der Waals surface area contributed by atoms with Crippen LogP contribution in [0.2, 0.25) is 0 Å². The van der Waals surface area contributed by atoms with E-state index in [4.69, 9.17) is 10.3 Å². The third-order valence-corrected chi connectivity index (χ3v) is 3.70. The molecule has 0 fully saturated rings. The Morgan fingerprint density at radius 2 is 2.10 bits per heavy atom. The first-order valence-electron chi connectivity index (χ1n) is 7.47. The molecule has 1 atom stereocenters. The lowest BCUT2D eigenvalue weighted by Gasteiger charge is -2.14. The van der Waals surface area contributed by atoms with E-state index in [1.54, 1.807) is 0 Å². The predicted octanol–water partition coefficient (Wildman–Crippen LogP) is 2.45. The molecule has 1 rings (SSSR count). The molecule has 114 valence electrons. The summed E-state index contributed by atoms with van der Waals surface area (Å²) in [5.41, 5.74) is 7.42. The fourth-order valence-corrected chi connectivity index (χ4v) is 2.44. The van der Waals surface area contributed by atoms with E-state index in [1.807, 2.05) is 13.8 Å². The molecule has 20 heavy (non-hydrogen) atoms. The molecule has 0 aliphatic carbocycles. The number of nitrogens with two attached hydrogens (primary N) is 1. The lowest BCUT2D eigenvalue weighted by Crippen LogP contribution is -2.24. The Hall–Kier alpha value is -1.36. The molecule has 0 radical (unpaired) electrons. The Kier molecular flexibility index (Phi) is 7.30. The Morgan fingerprint density at radius 1 is 1.35 bits per heavy atom. The van der Waals surface area contributed by atoms with E-state index in [-0.39, 0.29) is 5.91 Å². The number of nitrogens with zero attached hydrogens (tertiary/aromatic N) is 1. The summed E-state index contributed by atoms with van der Waals surface area (Å²) in [4.78, 5) is 11.9. The second-order valence-electron chi connectivity index (χ2n) is 5.35. The van der Waals surface area contributed by atoms with Gasteiger partial charge in [-0.1, -0.05) is 24.9 Å². The van der Waals surface area contributed by atoms with Crippen LogP contribution in [0.25, 0.3) is 0 Å². The number of aryl methyl sites for hydroxylation is 2. The molecule has 1 aromatic heterocycles. The van der Waals surface area contributed by atoms with Crippen molar-refractivity contribution in [3.8, 4) is 0 Å². The van der Waals surface area contributed by atoms with Crippen molar-refractivity contribution in [2.24, 2.45) is 11.7 Å². The van der Waals surface area contributed by atoms with Gasteiger partial charge in [-0.25, -0.2) is 0 Å². The van der Waals surface area contributed by atoms with Crippen LogP contribution in [-0.4, -0.2) is 17.6 Å². The monoisotopic (exact) mass is 281 g/mol. The highest BCUT2D eigenvalue weighted by atomic mass is 16.5.